The van der Waals surface area contributed by atoms with E-state index < -0.39 is 54.0 Å². The van der Waals surface area contributed by atoms with Crippen LogP contribution in [0, 0.1) is 5.92 Å². The number of aliphatic carboxylic acids is 1. The predicted molar refractivity (Wildman–Crippen MR) is 110 cm³/mol. The van der Waals surface area contributed by atoms with Crippen LogP contribution >= 0.6 is 25.3 Å². The molecule has 12 heteroatoms. The van der Waals surface area contributed by atoms with Crippen molar-refractivity contribution in [2.24, 2.45) is 11.7 Å². The fraction of sp³-hybridized carbons (Fsp3) is 0.750. The lowest BCUT2D eigenvalue weighted by Crippen LogP contribution is -2.60. The Balaban J connectivity index is 5.16. The third-order valence-corrected chi connectivity index (χ3v) is 4.49. The number of carboxylic acids is 1. The van der Waals surface area contributed by atoms with E-state index in [0.29, 0.717) is 0 Å². The van der Waals surface area contributed by atoms with E-state index in [1.807, 2.05) is 0 Å². The molecule has 7 N–H and O–H groups in total. The van der Waals surface area contributed by atoms with Crippen molar-refractivity contribution in [3.05, 3.63) is 0 Å². The number of carbonyl (C=O) groups is 4. The van der Waals surface area contributed by atoms with Gasteiger partial charge in [-0.2, -0.15) is 25.3 Å². The lowest BCUT2D eigenvalue weighted by atomic mass is 10.0. The summed E-state index contributed by atoms with van der Waals surface area (Å²) < 4.78 is 0. The van der Waals surface area contributed by atoms with Gasteiger partial charge in [0.05, 0.1) is 12.1 Å². The second-order valence-corrected chi connectivity index (χ2v) is 7.52. The van der Waals surface area contributed by atoms with E-state index in [0.717, 1.165) is 0 Å². The van der Waals surface area contributed by atoms with E-state index in [1.54, 1.807) is 13.8 Å². The van der Waals surface area contributed by atoms with Gasteiger partial charge in [-0.1, -0.05) is 13.8 Å². The molecule has 0 aliphatic rings. The van der Waals surface area contributed by atoms with Crippen LogP contribution in [-0.2, 0) is 19.2 Å². The van der Waals surface area contributed by atoms with Crippen LogP contribution in [0.15, 0.2) is 0 Å². The molecule has 0 aliphatic carbocycles. The second kappa shape index (κ2) is 12.9. The summed E-state index contributed by atoms with van der Waals surface area (Å²) in [6.45, 7) is 4.87. The normalized spacial score (nSPS) is 16.4. The summed E-state index contributed by atoms with van der Waals surface area (Å²) in [5.74, 6) is -3.49. The third kappa shape index (κ3) is 9.13. The number of rotatable bonds is 12. The fourth-order valence-corrected chi connectivity index (χ4v) is 2.59. The van der Waals surface area contributed by atoms with E-state index in [2.05, 4.69) is 41.2 Å². The van der Waals surface area contributed by atoms with Crippen LogP contribution in [0.5, 0.6) is 0 Å². The van der Waals surface area contributed by atoms with Crippen molar-refractivity contribution < 1.29 is 29.4 Å². The highest BCUT2D eigenvalue weighted by molar-refractivity contribution is 7.80. The number of carbonyl (C=O) groups excluding carboxylic acids is 3. The quantitative estimate of drug-likeness (QED) is 0.165. The van der Waals surface area contributed by atoms with E-state index in [4.69, 9.17) is 5.73 Å². The summed E-state index contributed by atoms with van der Waals surface area (Å²) >= 11 is 7.90. The van der Waals surface area contributed by atoms with Crippen LogP contribution < -0.4 is 21.7 Å². The Bertz CT molecular complexity index is 561. The van der Waals surface area contributed by atoms with Gasteiger partial charge < -0.3 is 31.9 Å². The molecule has 0 saturated carbocycles. The summed E-state index contributed by atoms with van der Waals surface area (Å²) in [7, 11) is 0. The lowest BCUT2D eigenvalue weighted by molar-refractivity contribution is -0.143. The summed E-state index contributed by atoms with van der Waals surface area (Å²) in [6, 6.07) is -4.62. The second-order valence-electron chi connectivity index (χ2n) is 6.79. The van der Waals surface area contributed by atoms with Crippen LogP contribution in [0.1, 0.15) is 27.2 Å². The maximum atomic E-state index is 12.4. The molecular formula is C16H30N4O6S2. The Hall–Kier alpha value is -1.50. The topological polar surface area (TPSA) is 171 Å². The predicted octanol–water partition coefficient (Wildman–Crippen LogP) is -1.86. The van der Waals surface area contributed by atoms with Crippen molar-refractivity contribution in [1.82, 2.24) is 16.0 Å². The van der Waals surface area contributed by atoms with Gasteiger partial charge in [0.1, 0.15) is 18.1 Å². The van der Waals surface area contributed by atoms with Crippen molar-refractivity contribution in [2.45, 2.75) is 57.5 Å². The fourth-order valence-electron chi connectivity index (χ4n) is 2.17. The summed E-state index contributed by atoms with van der Waals surface area (Å²) in [5.41, 5.74) is 5.54. The number of nitrogens with two attached hydrogens (primary N) is 1. The van der Waals surface area contributed by atoms with Crippen LogP contribution in [0.4, 0.5) is 0 Å². The standard InChI is InChI=1S/C16H30N4O6S2/c1-7(2)4-10(16(25)26)18-15(24)12(8(3)21)20-14(23)11(6-28)19-13(22)9(17)5-27/h7-12,21,27-28H,4-6,17H2,1-3H3,(H,18,24)(H,19,22)(H,20,23)(H,25,26). The molecule has 0 spiro atoms. The molecule has 28 heavy (non-hydrogen) atoms. The highest BCUT2D eigenvalue weighted by atomic mass is 32.1. The SMILES string of the molecule is CC(C)CC(NC(=O)C(NC(=O)C(CS)NC(=O)C(N)CS)C(C)O)C(=O)O. The first-order chi connectivity index (χ1) is 12.9. The molecule has 0 saturated heterocycles. The molecule has 0 aromatic heterocycles. The molecule has 0 radical (unpaired) electrons. The van der Waals surface area contributed by atoms with Crippen LogP contribution in [0.3, 0.4) is 0 Å². The molecule has 162 valence electrons. The van der Waals surface area contributed by atoms with Gasteiger partial charge in [0.15, 0.2) is 0 Å². The molecular weight excluding hydrogens is 408 g/mol. The molecule has 0 aromatic rings. The Kier molecular flexibility index (Phi) is 12.2. The highest BCUT2D eigenvalue weighted by Crippen LogP contribution is 2.06. The monoisotopic (exact) mass is 438 g/mol. The van der Waals surface area contributed by atoms with E-state index >= 15 is 0 Å². The summed E-state index contributed by atoms with van der Waals surface area (Å²) in [6.07, 6.45) is -1.13. The molecule has 0 fully saturated rings. The van der Waals surface area contributed by atoms with Gasteiger partial charge in [0, 0.05) is 11.5 Å². The van der Waals surface area contributed by atoms with E-state index in [1.165, 1.54) is 6.92 Å². The molecule has 3 amide bonds. The minimum absolute atomic E-state index is 0.000746. The van der Waals surface area contributed by atoms with Crippen molar-refractivity contribution in [1.29, 1.82) is 0 Å². The number of amides is 3. The number of thiol groups is 2. The third-order valence-electron chi connectivity index (χ3n) is 3.73. The van der Waals surface area contributed by atoms with Gasteiger partial charge in [0.2, 0.25) is 17.7 Å². The average molecular weight is 439 g/mol. The van der Waals surface area contributed by atoms with Gasteiger partial charge in [-0.15, -0.1) is 0 Å². The first-order valence-electron chi connectivity index (χ1n) is 8.73. The minimum atomic E-state index is -1.42. The molecule has 10 nitrogen and oxygen atoms in total. The molecule has 0 aliphatic heterocycles. The molecule has 5 atom stereocenters. The Morgan fingerprint density at radius 2 is 1.43 bits per heavy atom. The van der Waals surface area contributed by atoms with Gasteiger partial charge >= 0.3 is 5.97 Å². The minimum Gasteiger partial charge on any atom is -0.480 e. The van der Waals surface area contributed by atoms with Crippen LogP contribution in [0.25, 0.3) is 0 Å². The van der Waals surface area contributed by atoms with Gasteiger partial charge in [0.25, 0.3) is 0 Å². The van der Waals surface area contributed by atoms with Crippen LogP contribution in [-0.4, -0.2) is 75.7 Å². The van der Waals surface area contributed by atoms with Gasteiger partial charge in [-0.25, -0.2) is 4.79 Å². The Morgan fingerprint density at radius 3 is 1.82 bits per heavy atom. The van der Waals surface area contributed by atoms with E-state index in [9.17, 15) is 29.4 Å². The number of aliphatic hydroxyl groups excluding tert-OH is 1. The largest absolute Gasteiger partial charge is 0.480 e. The van der Waals surface area contributed by atoms with Crippen molar-refractivity contribution >= 4 is 48.9 Å². The zero-order valence-corrected chi connectivity index (χ0v) is 17.9. The highest BCUT2D eigenvalue weighted by Gasteiger charge is 2.32. The van der Waals surface area contributed by atoms with Crippen molar-refractivity contribution in [2.75, 3.05) is 11.5 Å². The number of hydrogen-bond donors (Lipinski definition) is 8. The number of hydrogen-bond acceptors (Lipinski definition) is 8. The first kappa shape index (κ1) is 26.5. The number of aliphatic hydroxyl groups is 1. The summed E-state index contributed by atoms with van der Waals surface area (Å²) in [4.78, 5) is 48.0. The summed E-state index contributed by atoms with van der Waals surface area (Å²) in [5, 5.41) is 26.1. The van der Waals surface area contributed by atoms with Gasteiger partial charge in [-0.05, 0) is 19.3 Å². The molecule has 5 unspecified atom stereocenters. The number of carboxylic acid groups (broad SMARTS) is 1. The number of nitrogens with one attached hydrogen (secondary N) is 3. The Morgan fingerprint density at radius 1 is 0.893 bits per heavy atom. The molecule has 0 aromatic carbocycles. The van der Waals surface area contributed by atoms with E-state index in [-0.39, 0.29) is 23.8 Å². The van der Waals surface area contributed by atoms with Gasteiger partial charge in [-0.3, -0.25) is 14.4 Å². The lowest BCUT2D eigenvalue weighted by Gasteiger charge is -2.26. The van der Waals surface area contributed by atoms with Crippen LogP contribution in [0.2, 0.25) is 0 Å². The molecule has 0 bridgehead atoms. The van der Waals surface area contributed by atoms with Crippen molar-refractivity contribution in [3.8, 4) is 0 Å². The smallest absolute Gasteiger partial charge is 0.326 e. The zero-order valence-electron chi connectivity index (χ0n) is 16.1. The molecule has 0 heterocycles. The Labute approximate surface area is 175 Å². The average Bonchev–Trinajstić information content (AvgIpc) is 2.61. The van der Waals surface area contributed by atoms with Crippen molar-refractivity contribution in [3.63, 3.8) is 0 Å². The maximum Gasteiger partial charge on any atom is 0.326 e. The first-order valence-corrected chi connectivity index (χ1v) is 10.00. The molecule has 0 rings (SSSR count). The maximum absolute atomic E-state index is 12.4. The zero-order chi connectivity index (χ0) is 22.0.